The third kappa shape index (κ3) is 6.76. The van der Waals surface area contributed by atoms with Crippen LogP contribution in [0.3, 0.4) is 0 Å². The number of rotatable bonds is 6. The number of hydrogen-bond donors (Lipinski definition) is 1. The number of nitrogens with zero attached hydrogens (tertiary/aromatic N) is 2. The van der Waals surface area contributed by atoms with Gasteiger partial charge in [0.15, 0.2) is 0 Å². The van der Waals surface area contributed by atoms with Crippen molar-refractivity contribution in [3.8, 4) is 0 Å². The van der Waals surface area contributed by atoms with Crippen LogP contribution in [-0.4, -0.2) is 22.0 Å². The Morgan fingerprint density at radius 1 is 1.07 bits per heavy atom. The van der Waals surface area contributed by atoms with E-state index in [2.05, 4.69) is 16.0 Å². The molecule has 0 unspecified atom stereocenters. The minimum absolute atomic E-state index is 0. The van der Waals surface area contributed by atoms with E-state index in [-0.39, 0.29) is 41.7 Å². The molecule has 0 amide bonds. The molecule has 0 radical (unpaired) electrons. The molecule has 1 atom stereocenters. The molecule has 0 aliphatic carbocycles. The van der Waals surface area contributed by atoms with E-state index < -0.39 is 12.0 Å². The Labute approximate surface area is 185 Å². The summed E-state index contributed by atoms with van der Waals surface area (Å²) < 4.78 is 5.24. The van der Waals surface area contributed by atoms with Crippen LogP contribution in [0.4, 0.5) is 0 Å². The van der Waals surface area contributed by atoms with Gasteiger partial charge in [0.05, 0.1) is 5.52 Å². The summed E-state index contributed by atoms with van der Waals surface area (Å²) >= 11 is 11.6. The summed E-state index contributed by atoms with van der Waals surface area (Å²) in [5, 5.41) is 1.56. The maximum absolute atomic E-state index is 12.1. The quantitative estimate of drug-likeness (QED) is 0.421. The van der Waals surface area contributed by atoms with E-state index in [4.69, 9.17) is 33.7 Å². The fourth-order valence-electron chi connectivity index (χ4n) is 2.58. The topological polar surface area (TPSA) is 78.1 Å². The van der Waals surface area contributed by atoms with Gasteiger partial charge in [-0.25, -0.2) is 4.98 Å². The van der Waals surface area contributed by atoms with E-state index in [9.17, 15) is 4.79 Å². The number of carbonyl (C=O) groups excluding carboxylic acids is 1. The lowest BCUT2D eigenvalue weighted by atomic mass is 10.0. The van der Waals surface area contributed by atoms with Crippen LogP contribution in [0.1, 0.15) is 17.5 Å². The summed E-state index contributed by atoms with van der Waals surface area (Å²) in [5.41, 5.74) is 8.65. The first-order valence-electron chi connectivity index (χ1n) is 8.09. The number of nitrogens with two attached hydrogens (primary N) is 1. The van der Waals surface area contributed by atoms with E-state index >= 15 is 0 Å². The van der Waals surface area contributed by atoms with Gasteiger partial charge in [-0.1, -0.05) is 35.3 Å². The van der Waals surface area contributed by atoms with Crippen molar-refractivity contribution >= 4 is 64.9 Å². The Morgan fingerprint density at radius 3 is 2.50 bits per heavy atom. The van der Waals surface area contributed by atoms with Gasteiger partial charge in [0, 0.05) is 11.6 Å². The van der Waals surface area contributed by atoms with Crippen molar-refractivity contribution in [1.82, 2.24) is 9.97 Å². The minimum Gasteiger partial charge on any atom is -0.460 e. The molecule has 0 saturated heterocycles. The number of benzene rings is 1. The molecule has 3 aromatic rings. The molecule has 2 aromatic heterocycles. The lowest BCUT2D eigenvalue weighted by Gasteiger charge is -2.12. The van der Waals surface area contributed by atoms with Gasteiger partial charge < -0.3 is 10.5 Å². The molecule has 0 fully saturated rings. The number of esters is 1. The van der Waals surface area contributed by atoms with Crippen molar-refractivity contribution in [2.75, 3.05) is 0 Å². The molecular formula is C19H19Cl4N3O2. The van der Waals surface area contributed by atoms with Gasteiger partial charge in [-0.05, 0) is 54.3 Å². The summed E-state index contributed by atoms with van der Waals surface area (Å²) in [7, 11) is 0. The highest BCUT2D eigenvalue weighted by Crippen LogP contribution is 2.17. The summed E-state index contributed by atoms with van der Waals surface area (Å²) in [4.78, 5) is 20.2. The molecule has 28 heavy (non-hydrogen) atoms. The third-order valence-electron chi connectivity index (χ3n) is 3.92. The van der Waals surface area contributed by atoms with Gasteiger partial charge >= 0.3 is 5.97 Å². The Balaban J connectivity index is 0.00000196. The second kappa shape index (κ2) is 11.4. The summed E-state index contributed by atoms with van der Waals surface area (Å²) in [5.74, 6) is -0.462. The highest BCUT2D eigenvalue weighted by atomic mass is 35.5. The van der Waals surface area contributed by atoms with Crippen LogP contribution in [0.5, 0.6) is 0 Å². The zero-order chi connectivity index (χ0) is 18.5. The van der Waals surface area contributed by atoms with Crippen LogP contribution in [0.15, 0.2) is 48.7 Å². The van der Waals surface area contributed by atoms with Gasteiger partial charge in [0.2, 0.25) is 0 Å². The average molecular weight is 463 g/mol. The van der Waals surface area contributed by atoms with Gasteiger partial charge in [-0.15, -0.1) is 24.8 Å². The van der Waals surface area contributed by atoms with E-state index in [0.29, 0.717) is 18.4 Å². The lowest BCUT2D eigenvalue weighted by Crippen LogP contribution is -2.32. The summed E-state index contributed by atoms with van der Waals surface area (Å²) in [6.07, 6.45) is 2.92. The van der Waals surface area contributed by atoms with Crippen LogP contribution in [0.25, 0.3) is 10.9 Å². The highest BCUT2D eigenvalue weighted by Gasteiger charge is 2.15. The van der Waals surface area contributed by atoms with Crippen LogP contribution in [0.2, 0.25) is 10.3 Å². The normalized spacial score (nSPS) is 11.2. The van der Waals surface area contributed by atoms with E-state index in [1.54, 1.807) is 18.3 Å². The van der Waals surface area contributed by atoms with Crippen LogP contribution < -0.4 is 5.73 Å². The van der Waals surface area contributed by atoms with E-state index in [1.165, 1.54) is 0 Å². The van der Waals surface area contributed by atoms with Crippen molar-refractivity contribution in [3.05, 3.63) is 70.1 Å². The van der Waals surface area contributed by atoms with Crippen molar-refractivity contribution in [3.63, 3.8) is 0 Å². The van der Waals surface area contributed by atoms with Crippen molar-refractivity contribution in [2.45, 2.75) is 25.5 Å². The number of halogens is 4. The molecule has 0 aliphatic heterocycles. The number of aromatic nitrogens is 2. The maximum atomic E-state index is 12.1. The fourth-order valence-corrected chi connectivity index (χ4v) is 3.09. The Kier molecular flexibility index (Phi) is 9.93. The molecule has 150 valence electrons. The second-order valence-electron chi connectivity index (χ2n) is 5.90. The molecule has 0 saturated carbocycles. The molecule has 3 rings (SSSR count). The minimum atomic E-state index is -0.702. The second-order valence-corrected chi connectivity index (χ2v) is 6.68. The summed E-state index contributed by atoms with van der Waals surface area (Å²) in [6.45, 7) is 0.0517. The standard InChI is InChI=1S/C19H17Cl2N3O2.2ClH/c20-17-9-13(10-18(21)24-17)11-26-19(25)15(22)5-3-12-4-6-16-14(8-12)2-1-7-23-16;;/h1-2,4,6-10,15H,3,5,11,22H2;2*1H/t15-;;/m0../s1. The third-order valence-corrected chi connectivity index (χ3v) is 4.31. The average Bonchev–Trinajstić information content (AvgIpc) is 2.63. The number of carbonyl (C=O) groups is 1. The molecule has 0 bridgehead atoms. The number of aryl methyl sites for hydroxylation is 1. The fraction of sp³-hybridized carbons (Fsp3) is 0.211. The van der Waals surface area contributed by atoms with Gasteiger partial charge in [-0.2, -0.15) is 0 Å². The molecular weight excluding hydrogens is 444 g/mol. The van der Waals surface area contributed by atoms with Gasteiger partial charge in [0.25, 0.3) is 0 Å². The van der Waals surface area contributed by atoms with Crippen LogP contribution in [0, 0.1) is 0 Å². The molecule has 1 aromatic carbocycles. The Hall–Kier alpha value is -1.63. The molecule has 0 spiro atoms. The maximum Gasteiger partial charge on any atom is 0.323 e. The first-order chi connectivity index (χ1) is 12.5. The zero-order valence-electron chi connectivity index (χ0n) is 14.7. The lowest BCUT2D eigenvalue weighted by molar-refractivity contribution is -0.146. The molecule has 2 N–H and O–H groups in total. The number of fused-ring (bicyclic) bond motifs is 1. The Bertz CT molecular complexity index is 920. The molecule has 9 heteroatoms. The van der Waals surface area contributed by atoms with Gasteiger partial charge in [-0.3, -0.25) is 9.78 Å². The number of hydrogen-bond acceptors (Lipinski definition) is 5. The predicted octanol–water partition coefficient (Wildman–Crippen LogP) is 4.78. The number of pyridine rings is 2. The Morgan fingerprint density at radius 2 is 1.79 bits per heavy atom. The SMILES string of the molecule is Cl.Cl.N[C@@H](CCc1ccc2ncccc2c1)C(=O)OCc1cc(Cl)nc(Cl)c1. The predicted molar refractivity (Wildman–Crippen MR) is 117 cm³/mol. The van der Waals surface area contributed by atoms with Crippen molar-refractivity contribution < 1.29 is 9.53 Å². The smallest absolute Gasteiger partial charge is 0.323 e. The first-order valence-corrected chi connectivity index (χ1v) is 8.85. The largest absolute Gasteiger partial charge is 0.460 e. The monoisotopic (exact) mass is 461 g/mol. The van der Waals surface area contributed by atoms with E-state index in [1.807, 2.05) is 24.3 Å². The number of ether oxygens (including phenoxy) is 1. The molecule has 0 aliphatic rings. The van der Waals surface area contributed by atoms with Crippen molar-refractivity contribution in [1.29, 1.82) is 0 Å². The first kappa shape index (κ1) is 24.4. The van der Waals surface area contributed by atoms with Crippen molar-refractivity contribution in [2.24, 2.45) is 5.73 Å². The van der Waals surface area contributed by atoms with E-state index in [0.717, 1.165) is 16.5 Å². The zero-order valence-corrected chi connectivity index (χ0v) is 17.8. The summed E-state index contributed by atoms with van der Waals surface area (Å²) in [6, 6.07) is 12.4. The molecule has 5 nitrogen and oxygen atoms in total. The molecule has 2 heterocycles. The van der Waals surface area contributed by atoms with Gasteiger partial charge in [0.1, 0.15) is 23.0 Å². The van der Waals surface area contributed by atoms with Crippen LogP contribution in [-0.2, 0) is 22.6 Å². The van der Waals surface area contributed by atoms with Crippen LogP contribution >= 0.6 is 48.0 Å². The highest BCUT2D eigenvalue weighted by molar-refractivity contribution is 6.32.